The van der Waals surface area contributed by atoms with Crippen LogP contribution in [0.25, 0.3) is 0 Å². The number of rotatable bonds is 1. The molecular formula is C9H15N3. The van der Waals surface area contributed by atoms with Gasteiger partial charge in [-0.05, 0) is 5.92 Å². The molecule has 0 saturated heterocycles. The van der Waals surface area contributed by atoms with Gasteiger partial charge >= 0.3 is 0 Å². The highest BCUT2D eigenvalue weighted by Crippen LogP contribution is 2.14. The van der Waals surface area contributed by atoms with Gasteiger partial charge in [0, 0.05) is 19.3 Å². The fourth-order valence-electron chi connectivity index (χ4n) is 1.49. The summed E-state index contributed by atoms with van der Waals surface area (Å²) < 4.78 is 2.26. The van der Waals surface area contributed by atoms with Crippen molar-refractivity contribution in [2.75, 3.05) is 6.54 Å². The number of aromatic nitrogens is 2. The van der Waals surface area contributed by atoms with Crippen LogP contribution < -0.4 is 5.32 Å². The van der Waals surface area contributed by atoms with Gasteiger partial charge in [0.25, 0.3) is 0 Å². The van der Waals surface area contributed by atoms with Gasteiger partial charge in [0.2, 0.25) is 0 Å². The molecule has 0 spiro atoms. The molecule has 1 aliphatic heterocycles. The molecule has 3 heteroatoms. The van der Waals surface area contributed by atoms with Crippen LogP contribution in [-0.4, -0.2) is 16.1 Å². The van der Waals surface area contributed by atoms with Crippen molar-refractivity contribution in [1.82, 2.24) is 14.9 Å². The summed E-state index contributed by atoms with van der Waals surface area (Å²) in [6.07, 6.45) is 2.18. The summed E-state index contributed by atoms with van der Waals surface area (Å²) in [5.41, 5.74) is 1.22. The summed E-state index contributed by atoms with van der Waals surface area (Å²) >= 11 is 0. The largest absolute Gasteiger partial charge is 0.332 e. The van der Waals surface area contributed by atoms with Gasteiger partial charge in [0.15, 0.2) is 0 Å². The summed E-state index contributed by atoms with van der Waals surface area (Å²) in [6.45, 7) is 7.42. The SMILES string of the molecule is CC(C)c1cn2c(n1)CNCC2. The monoisotopic (exact) mass is 165 g/mol. The van der Waals surface area contributed by atoms with Crippen molar-refractivity contribution in [2.24, 2.45) is 0 Å². The minimum Gasteiger partial charge on any atom is -0.332 e. The van der Waals surface area contributed by atoms with Crippen molar-refractivity contribution in [1.29, 1.82) is 0 Å². The Morgan fingerprint density at radius 3 is 3.08 bits per heavy atom. The van der Waals surface area contributed by atoms with Gasteiger partial charge in [-0.15, -0.1) is 0 Å². The fourth-order valence-corrected chi connectivity index (χ4v) is 1.49. The summed E-state index contributed by atoms with van der Waals surface area (Å²) in [7, 11) is 0. The first kappa shape index (κ1) is 7.80. The first-order valence-corrected chi connectivity index (χ1v) is 4.54. The van der Waals surface area contributed by atoms with E-state index >= 15 is 0 Å². The Balaban J connectivity index is 2.32. The molecule has 2 heterocycles. The van der Waals surface area contributed by atoms with Gasteiger partial charge in [-0.25, -0.2) is 4.98 Å². The minimum atomic E-state index is 0.545. The maximum absolute atomic E-state index is 4.55. The molecule has 0 fully saturated rings. The molecule has 0 aliphatic carbocycles. The van der Waals surface area contributed by atoms with E-state index in [-0.39, 0.29) is 0 Å². The highest BCUT2D eigenvalue weighted by atomic mass is 15.1. The molecule has 0 aromatic carbocycles. The van der Waals surface area contributed by atoms with Crippen molar-refractivity contribution in [2.45, 2.75) is 32.9 Å². The zero-order valence-electron chi connectivity index (χ0n) is 7.67. The predicted molar refractivity (Wildman–Crippen MR) is 48.0 cm³/mol. The zero-order chi connectivity index (χ0) is 8.55. The molecule has 66 valence electrons. The number of fused-ring (bicyclic) bond motifs is 1. The number of imidazole rings is 1. The third-order valence-electron chi connectivity index (χ3n) is 2.28. The van der Waals surface area contributed by atoms with E-state index in [1.165, 1.54) is 11.5 Å². The quantitative estimate of drug-likeness (QED) is 0.675. The molecule has 1 aromatic rings. The lowest BCUT2D eigenvalue weighted by Gasteiger charge is -2.13. The Morgan fingerprint density at radius 2 is 2.42 bits per heavy atom. The van der Waals surface area contributed by atoms with Crippen molar-refractivity contribution in [3.63, 3.8) is 0 Å². The molecule has 0 radical (unpaired) electrons. The van der Waals surface area contributed by atoms with Crippen LogP contribution in [0.4, 0.5) is 0 Å². The van der Waals surface area contributed by atoms with Crippen LogP contribution in [-0.2, 0) is 13.1 Å². The van der Waals surface area contributed by atoms with Crippen LogP contribution in [0.3, 0.4) is 0 Å². The van der Waals surface area contributed by atoms with Gasteiger partial charge < -0.3 is 9.88 Å². The highest BCUT2D eigenvalue weighted by Gasteiger charge is 2.12. The average molecular weight is 165 g/mol. The second-order valence-corrected chi connectivity index (χ2v) is 3.61. The Labute approximate surface area is 72.8 Å². The van der Waals surface area contributed by atoms with Crippen LogP contribution in [0.5, 0.6) is 0 Å². The Hall–Kier alpha value is -0.830. The summed E-state index contributed by atoms with van der Waals surface area (Å²) in [6, 6.07) is 0. The fraction of sp³-hybridized carbons (Fsp3) is 0.667. The lowest BCUT2D eigenvalue weighted by atomic mass is 10.2. The summed E-state index contributed by atoms with van der Waals surface area (Å²) in [5, 5.41) is 3.31. The Kier molecular flexibility index (Phi) is 1.89. The van der Waals surface area contributed by atoms with Gasteiger partial charge in [0.1, 0.15) is 5.82 Å². The molecular weight excluding hydrogens is 150 g/mol. The molecule has 2 rings (SSSR count). The molecule has 0 saturated carbocycles. The first-order chi connectivity index (χ1) is 5.77. The van der Waals surface area contributed by atoms with E-state index in [4.69, 9.17) is 0 Å². The van der Waals surface area contributed by atoms with E-state index in [0.717, 1.165) is 19.6 Å². The number of nitrogens with zero attached hydrogens (tertiary/aromatic N) is 2. The molecule has 0 amide bonds. The molecule has 12 heavy (non-hydrogen) atoms. The van der Waals surface area contributed by atoms with Gasteiger partial charge in [-0.2, -0.15) is 0 Å². The predicted octanol–water partition coefficient (Wildman–Crippen LogP) is 1.11. The zero-order valence-corrected chi connectivity index (χ0v) is 7.67. The van der Waals surface area contributed by atoms with Gasteiger partial charge in [0.05, 0.1) is 12.2 Å². The molecule has 1 aliphatic rings. The van der Waals surface area contributed by atoms with Crippen molar-refractivity contribution in [3.8, 4) is 0 Å². The van der Waals surface area contributed by atoms with E-state index in [1.54, 1.807) is 0 Å². The number of hydrogen-bond donors (Lipinski definition) is 1. The second-order valence-electron chi connectivity index (χ2n) is 3.61. The highest BCUT2D eigenvalue weighted by molar-refractivity contribution is 5.09. The van der Waals surface area contributed by atoms with Crippen molar-refractivity contribution >= 4 is 0 Å². The number of hydrogen-bond acceptors (Lipinski definition) is 2. The summed E-state index contributed by atoms with van der Waals surface area (Å²) in [5.74, 6) is 1.73. The summed E-state index contributed by atoms with van der Waals surface area (Å²) in [4.78, 5) is 4.55. The third kappa shape index (κ3) is 1.25. The molecule has 1 N–H and O–H groups in total. The van der Waals surface area contributed by atoms with Gasteiger partial charge in [-0.3, -0.25) is 0 Å². The maximum Gasteiger partial charge on any atom is 0.123 e. The smallest absolute Gasteiger partial charge is 0.123 e. The van der Waals surface area contributed by atoms with E-state index in [0.29, 0.717) is 5.92 Å². The molecule has 3 nitrogen and oxygen atoms in total. The second kappa shape index (κ2) is 2.90. The first-order valence-electron chi connectivity index (χ1n) is 4.54. The average Bonchev–Trinajstić information content (AvgIpc) is 2.46. The van der Waals surface area contributed by atoms with Crippen LogP contribution >= 0.6 is 0 Å². The minimum absolute atomic E-state index is 0.545. The van der Waals surface area contributed by atoms with Gasteiger partial charge in [-0.1, -0.05) is 13.8 Å². The van der Waals surface area contributed by atoms with Crippen molar-refractivity contribution < 1.29 is 0 Å². The molecule has 0 atom stereocenters. The van der Waals surface area contributed by atoms with E-state index < -0.39 is 0 Å². The topological polar surface area (TPSA) is 29.9 Å². The third-order valence-corrected chi connectivity index (χ3v) is 2.28. The van der Waals surface area contributed by atoms with E-state index in [9.17, 15) is 0 Å². The lowest BCUT2D eigenvalue weighted by molar-refractivity contribution is 0.505. The maximum atomic E-state index is 4.55. The number of nitrogens with one attached hydrogen (secondary N) is 1. The standard InChI is InChI=1S/C9H15N3/c1-7(2)8-6-12-4-3-10-5-9(12)11-8/h6-7,10H,3-5H2,1-2H3. The molecule has 0 unspecified atom stereocenters. The van der Waals surface area contributed by atoms with Crippen LogP contribution in [0, 0.1) is 0 Å². The van der Waals surface area contributed by atoms with Crippen LogP contribution in [0.2, 0.25) is 0 Å². The van der Waals surface area contributed by atoms with E-state index in [1.807, 2.05) is 0 Å². The van der Waals surface area contributed by atoms with Crippen LogP contribution in [0.1, 0.15) is 31.3 Å². The Morgan fingerprint density at radius 1 is 1.58 bits per heavy atom. The van der Waals surface area contributed by atoms with Crippen molar-refractivity contribution in [3.05, 3.63) is 17.7 Å². The Bertz CT molecular complexity index is 252. The normalized spacial score (nSPS) is 16.6. The van der Waals surface area contributed by atoms with Crippen LogP contribution in [0.15, 0.2) is 6.20 Å². The lowest BCUT2D eigenvalue weighted by Crippen LogP contribution is -2.27. The van der Waals surface area contributed by atoms with E-state index in [2.05, 4.69) is 34.9 Å². The molecule has 0 bridgehead atoms. The molecule has 1 aromatic heterocycles.